The Bertz CT molecular complexity index is 916. The maximum absolute atomic E-state index is 12.8. The van der Waals surface area contributed by atoms with Crippen molar-refractivity contribution in [3.8, 4) is 0 Å². The van der Waals surface area contributed by atoms with E-state index in [0.717, 1.165) is 75.5 Å². The molecule has 0 saturated heterocycles. The van der Waals surface area contributed by atoms with Gasteiger partial charge in [0.25, 0.3) is 0 Å². The van der Waals surface area contributed by atoms with Crippen LogP contribution in [0.1, 0.15) is 286 Å². The first kappa shape index (κ1) is 57.4. The molecule has 0 N–H and O–H groups in total. The van der Waals surface area contributed by atoms with E-state index in [-0.39, 0.29) is 31.1 Å². The molecule has 0 amide bonds. The number of esters is 3. The van der Waals surface area contributed by atoms with Gasteiger partial charge >= 0.3 is 17.9 Å². The molecule has 6 heteroatoms. The Hall–Kier alpha value is -1.59. The van der Waals surface area contributed by atoms with Crippen molar-refractivity contribution in [1.82, 2.24) is 0 Å². The third kappa shape index (κ3) is 45.8. The summed E-state index contributed by atoms with van der Waals surface area (Å²) in [5.74, 6) is 1.65. The van der Waals surface area contributed by atoms with Crippen LogP contribution in [0.5, 0.6) is 0 Å². The van der Waals surface area contributed by atoms with Gasteiger partial charge in [0.15, 0.2) is 6.10 Å². The van der Waals surface area contributed by atoms with E-state index in [1.807, 2.05) is 0 Å². The molecular weight excluding hydrogens is 733 g/mol. The van der Waals surface area contributed by atoms with Gasteiger partial charge in [-0.15, -0.1) is 0 Å². The minimum absolute atomic E-state index is 0.0650. The Kier molecular flexibility index (Phi) is 43.3. The first-order valence-corrected chi connectivity index (χ1v) is 26.1. The molecule has 0 aromatic heterocycles. The van der Waals surface area contributed by atoms with Crippen molar-refractivity contribution in [2.24, 2.45) is 17.8 Å². The van der Waals surface area contributed by atoms with Gasteiger partial charge in [0.2, 0.25) is 0 Å². The number of rotatable bonds is 46. The summed E-state index contributed by atoms with van der Waals surface area (Å²) < 4.78 is 16.8. The minimum Gasteiger partial charge on any atom is -0.462 e. The molecule has 0 aromatic rings. The third-order valence-electron chi connectivity index (χ3n) is 12.3. The van der Waals surface area contributed by atoms with Crippen LogP contribution in [0.15, 0.2) is 0 Å². The molecule has 0 aliphatic heterocycles. The molecule has 0 aliphatic carbocycles. The van der Waals surface area contributed by atoms with Crippen LogP contribution in [0.3, 0.4) is 0 Å². The fourth-order valence-corrected chi connectivity index (χ4v) is 7.91. The molecule has 0 radical (unpaired) electrons. The van der Waals surface area contributed by atoms with Crippen molar-refractivity contribution in [3.05, 3.63) is 0 Å². The molecule has 350 valence electrons. The van der Waals surface area contributed by atoms with Gasteiger partial charge < -0.3 is 14.2 Å². The van der Waals surface area contributed by atoms with Crippen LogP contribution in [0.25, 0.3) is 0 Å². The molecule has 0 aliphatic rings. The lowest BCUT2D eigenvalue weighted by molar-refractivity contribution is -0.167. The average molecular weight is 835 g/mol. The zero-order chi connectivity index (χ0) is 43.4. The van der Waals surface area contributed by atoms with Crippen LogP contribution >= 0.6 is 0 Å². The van der Waals surface area contributed by atoms with Crippen molar-refractivity contribution < 1.29 is 28.6 Å². The second-order valence-electron chi connectivity index (χ2n) is 19.4. The molecule has 6 nitrogen and oxygen atoms in total. The van der Waals surface area contributed by atoms with Crippen molar-refractivity contribution in [1.29, 1.82) is 0 Å². The Balaban J connectivity index is 4.32. The lowest BCUT2D eigenvalue weighted by atomic mass is 9.99. The summed E-state index contributed by atoms with van der Waals surface area (Å²) in [6.45, 7) is 13.7. The van der Waals surface area contributed by atoms with Gasteiger partial charge in [-0.2, -0.15) is 0 Å². The second kappa shape index (κ2) is 44.5. The van der Waals surface area contributed by atoms with Gasteiger partial charge in [-0.05, 0) is 37.0 Å². The monoisotopic (exact) mass is 835 g/mol. The predicted octanol–water partition coefficient (Wildman–Crippen LogP) is 16.8. The Morgan fingerprint density at radius 1 is 0.339 bits per heavy atom. The highest BCUT2D eigenvalue weighted by molar-refractivity contribution is 5.71. The summed E-state index contributed by atoms with van der Waals surface area (Å²) in [5, 5.41) is 0. The minimum atomic E-state index is -0.763. The van der Waals surface area contributed by atoms with Crippen molar-refractivity contribution in [2.45, 2.75) is 292 Å². The molecule has 0 aromatic carbocycles. The first-order chi connectivity index (χ1) is 28.6. The smallest absolute Gasteiger partial charge is 0.306 e. The molecule has 0 bridgehead atoms. The summed E-state index contributed by atoms with van der Waals surface area (Å²) in [5.41, 5.74) is 0. The molecule has 2 atom stereocenters. The molecule has 0 spiro atoms. The SMILES string of the molecule is CCC(C)CCCCCCCCCCCCC(=O)OC[C@@H](COC(=O)CCCCCCCCCCC(C)C)OC(=O)CCCCCCCCCCCCCCCC(C)C. The molecular formula is C53H102O6. The van der Waals surface area contributed by atoms with Gasteiger partial charge in [0.1, 0.15) is 13.2 Å². The highest BCUT2D eigenvalue weighted by Gasteiger charge is 2.19. The van der Waals surface area contributed by atoms with Crippen molar-refractivity contribution in [2.75, 3.05) is 13.2 Å². The van der Waals surface area contributed by atoms with Crippen LogP contribution in [-0.4, -0.2) is 37.2 Å². The number of ether oxygens (including phenoxy) is 3. The van der Waals surface area contributed by atoms with Gasteiger partial charge in [0, 0.05) is 19.3 Å². The van der Waals surface area contributed by atoms with Crippen LogP contribution in [-0.2, 0) is 28.6 Å². The normalized spacial score (nSPS) is 12.6. The van der Waals surface area contributed by atoms with Crippen LogP contribution < -0.4 is 0 Å². The number of carbonyl (C=O) groups is 3. The highest BCUT2D eigenvalue weighted by Crippen LogP contribution is 2.18. The number of unbranched alkanes of at least 4 members (excludes halogenated alkanes) is 28. The Morgan fingerprint density at radius 3 is 0.881 bits per heavy atom. The maximum atomic E-state index is 12.8. The van der Waals surface area contributed by atoms with Gasteiger partial charge in [-0.1, -0.05) is 247 Å². The Labute approximate surface area is 368 Å². The van der Waals surface area contributed by atoms with E-state index in [1.54, 1.807) is 0 Å². The van der Waals surface area contributed by atoms with E-state index < -0.39 is 6.10 Å². The standard InChI is InChI=1S/C53H102O6/c1-7-49(6)41-35-29-23-16-13-14-17-24-30-36-42-51(54)57-45-50(46-58-52(55)43-37-31-25-20-19-22-28-34-40-48(4)5)59-53(56)44-38-32-26-18-12-10-8-9-11-15-21-27-33-39-47(2)3/h47-50H,7-46H2,1-6H3/t49?,50-/m0/s1. The fraction of sp³-hybridized carbons (Fsp3) is 0.943. The molecule has 0 rings (SSSR count). The summed E-state index contributed by atoms with van der Waals surface area (Å²) in [6, 6.07) is 0. The molecule has 59 heavy (non-hydrogen) atoms. The molecule has 0 heterocycles. The fourth-order valence-electron chi connectivity index (χ4n) is 7.91. The lowest BCUT2D eigenvalue weighted by Gasteiger charge is -2.18. The quantitative estimate of drug-likeness (QED) is 0.0345. The van der Waals surface area contributed by atoms with Gasteiger partial charge in [0.05, 0.1) is 0 Å². The topological polar surface area (TPSA) is 78.9 Å². The molecule has 1 unspecified atom stereocenters. The van der Waals surface area contributed by atoms with E-state index in [1.165, 1.54) is 167 Å². The summed E-state index contributed by atoms with van der Waals surface area (Å²) in [6.07, 6.45) is 43.7. The van der Waals surface area contributed by atoms with Crippen LogP contribution in [0.2, 0.25) is 0 Å². The number of carbonyl (C=O) groups excluding carboxylic acids is 3. The lowest BCUT2D eigenvalue weighted by Crippen LogP contribution is -2.30. The molecule has 0 saturated carbocycles. The van der Waals surface area contributed by atoms with E-state index in [9.17, 15) is 14.4 Å². The number of hydrogen-bond donors (Lipinski definition) is 0. The summed E-state index contributed by atoms with van der Waals surface area (Å²) in [4.78, 5) is 37.9. The number of hydrogen-bond acceptors (Lipinski definition) is 6. The third-order valence-corrected chi connectivity index (χ3v) is 12.3. The van der Waals surface area contributed by atoms with Crippen molar-refractivity contribution >= 4 is 17.9 Å². The largest absolute Gasteiger partial charge is 0.462 e. The highest BCUT2D eigenvalue weighted by atomic mass is 16.6. The zero-order valence-corrected chi connectivity index (χ0v) is 40.5. The first-order valence-electron chi connectivity index (χ1n) is 26.1. The summed E-state index contributed by atoms with van der Waals surface area (Å²) >= 11 is 0. The van der Waals surface area contributed by atoms with E-state index in [0.29, 0.717) is 19.3 Å². The van der Waals surface area contributed by atoms with E-state index in [2.05, 4.69) is 41.5 Å². The average Bonchev–Trinajstić information content (AvgIpc) is 3.20. The van der Waals surface area contributed by atoms with Gasteiger partial charge in [-0.3, -0.25) is 14.4 Å². The predicted molar refractivity (Wildman–Crippen MR) is 252 cm³/mol. The van der Waals surface area contributed by atoms with E-state index in [4.69, 9.17) is 14.2 Å². The maximum Gasteiger partial charge on any atom is 0.306 e. The van der Waals surface area contributed by atoms with Crippen LogP contribution in [0.4, 0.5) is 0 Å². The Morgan fingerprint density at radius 2 is 0.593 bits per heavy atom. The molecule has 0 fully saturated rings. The summed E-state index contributed by atoms with van der Waals surface area (Å²) in [7, 11) is 0. The zero-order valence-electron chi connectivity index (χ0n) is 40.5. The second-order valence-corrected chi connectivity index (χ2v) is 19.4. The van der Waals surface area contributed by atoms with E-state index >= 15 is 0 Å². The van der Waals surface area contributed by atoms with Crippen LogP contribution in [0, 0.1) is 17.8 Å². The van der Waals surface area contributed by atoms with Crippen molar-refractivity contribution in [3.63, 3.8) is 0 Å². The van der Waals surface area contributed by atoms with Gasteiger partial charge in [-0.25, -0.2) is 0 Å².